The molecule has 0 aromatic heterocycles. The van der Waals surface area contributed by atoms with Crippen molar-refractivity contribution in [2.45, 2.75) is 39.7 Å². The number of carbonyl (C=O) groups is 1. The second-order valence-electron chi connectivity index (χ2n) is 3.55. The van der Waals surface area contributed by atoms with E-state index in [1.54, 1.807) is 7.11 Å². The van der Waals surface area contributed by atoms with Crippen molar-refractivity contribution < 1.29 is 11.0 Å². The quantitative estimate of drug-likeness (QED) is 0.692. The Morgan fingerprint density at radius 2 is 2.15 bits per heavy atom. The van der Waals surface area contributed by atoms with Crippen LogP contribution >= 0.6 is 0 Å². The van der Waals surface area contributed by atoms with Gasteiger partial charge in [0.25, 0.3) is 0 Å². The van der Waals surface area contributed by atoms with Crippen LogP contribution in [0.25, 0.3) is 0 Å². The van der Waals surface area contributed by atoms with Crippen molar-refractivity contribution in [1.82, 2.24) is 5.32 Å². The molecule has 0 unspecified atom stereocenters. The summed E-state index contributed by atoms with van der Waals surface area (Å²) in [5, 5.41) is 2.98. The minimum absolute atomic E-state index is 0. The maximum absolute atomic E-state index is 11.1. The summed E-state index contributed by atoms with van der Waals surface area (Å²) in [5.41, 5.74) is 0. The number of hydrogen-bond acceptors (Lipinski definition) is 2. The summed E-state index contributed by atoms with van der Waals surface area (Å²) in [6, 6.07) is 0.243. The molecule has 13 heavy (non-hydrogen) atoms. The molecule has 0 aliphatic carbocycles. The highest BCUT2D eigenvalue weighted by molar-refractivity contribution is 5.75. The average molecular weight is 189 g/mol. The molecule has 0 aromatic rings. The molecule has 0 aliphatic rings. The molecule has 3 nitrogen and oxygen atoms in total. The lowest BCUT2D eigenvalue weighted by Gasteiger charge is -2.21. The average Bonchev–Trinajstić information content (AvgIpc) is 2.11. The smallest absolute Gasteiger partial charge is 0.219 e. The molecular formula is C10H23NO2. The van der Waals surface area contributed by atoms with Crippen LogP contribution in [-0.2, 0) is 9.53 Å². The van der Waals surface area contributed by atoms with E-state index < -0.39 is 0 Å². The van der Waals surface area contributed by atoms with Crippen LogP contribution in [0.5, 0.6) is 0 Å². The Labute approximate surface area is 82.3 Å². The minimum Gasteiger partial charge on any atom is -0.385 e. The standard InChI is InChI=1S/C10H21NO2.H2/c1-5-10(12)11-9(8(2)3)6-7-13-4;/h8-9H,5-7H2,1-4H3,(H,11,12);1H/t9-;/m0./s1. The Hall–Kier alpha value is -0.570. The molecule has 1 N–H and O–H groups in total. The number of methoxy groups -OCH3 is 1. The van der Waals surface area contributed by atoms with Gasteiger partial charge in [0.15, 0.2) is 0 Å². The molecule has 3 heteroatoms. The van der Waals surface area contributed by atoms with Gasteiger partial charge in [-0.3, -0.25) is 4.79 Å². The Balaban J connectivity index is 0. The summed E-state index contributed by atoms with van der Waals surface area (Å²) in [4.78, 5) is 11.1. The monoisotopic (exact) mass is 189 g/mol. The van der Waals surface area contributed by atoms with Crippen molar-refractivity contribution in [1.29, 1.82) is 0 Å². The molecule has 0 rings (SSSR count). The first kappa shape index (κ1) is 12.4. The van der Waals surface area contributed by atoms with Gasteiger partial charge < -0.3 is 10.1 Å². The van der Waals surface area contributed by atoms with Crippen LogP contribution < -0.4 is 5.32 Å². The molecule has 0 saturated carbocycles. The van der Waals surface area contributed by atoms with Crippen LogP contribution in [0.15, 0.2) is 0 Å². The van der Waals surface area contributed by atoms with Crippen LogP contribution in [0, 0.1) is 5.92 Å². The van der Waals surface area contributed by atoms with Crippen LogP contribution in [0.1, 0.15) is 35.0 Å². The Morgan fingerprint density at radius 1 is 1.54 bits per heavy atom. The van der Waals surface area contributed by atoms with Gasteiger partial charge in [0.05, 0.1) is 0 Å². The highest BCUT2D eigenvalue weighted by Crippen LogP contribution is 2.06. The summed E-state index contributed by atoms with van der Waals surface area (Å²) < 4.78 is 4.99. The Morgan fingerprint density at radius 3 is 2.54 bits per heavy atom. The molecule has 0 spiro atoms. The second kappa shape index (κ2) is 6.89. The lowest BCUT2D eigenvalue weighted by molar-refractivity contribution is -0.121. The Bertz CT molecular complexity index is 151. The zero-order chi connectivity index (χ0) is 10.3. The maximum Gasteiger partial charge on any atom is 0.219 e. The van der Waals surface area contributed by atoms with Gasteiger partial charge in [0.1, 0.15) is 0 Å². The molecule has 1 atom stereocenters. The molecule has 0 aromatic carbocycles. The molecular weight excluding hydrogens is 166 g/mol. The fraction of sp³-hybridized carbons (Fsp3) is 0.900. The van der Waals surface area contributed by atoms with Gasteiger partial charge in [-0.1, -0.05) is 20.8 Å². The first-order chi connectivity index (χ1) is 6.11. The predicted molar refractivity (Wildman–Crippen MR) is 55.7 cm³/mol. The Kier molecular flexibility index (Phi) is 6.59. The van der Waals surface area contributed by atoms with Gasteiger partial charge >= 0.3 is 0 Å². The summed E-state index contributed by atoms with van der Waals surface area (Å²) in [6.45, 7) is 6.78. The van der Waals surface area contributed by atoms with Crippen LogP contribution in [0.4, 0.5) is 0 Å². The highest BCUT2D eigenvalue weighted by atomic mass is 16.5. The molecule has 0 heterocycles. The van der Waals surface area contributed by atoms with Gasteiger partial charge in [-0.05, 0) is 12.3 Å². The number of rotatable bonds is 6. The molecule has 0 saturated heterocycles. The topological polar surface area (TPSA) is 38.3 Å². The van der Waals surface area contributed by atoms with Crippen molar-refractivity contribution in [2.24, 2.45) is 5.92 Å². The van der Waals surface area contributed by atoms with Crippen molar-refractivity contribution in [3.8, 4) is 0 Å². The summed E-state index contributed by atoms with van der Waals surface area (Å²) in [7, 11) is 1.68. The zero-order valence-corrected chi connectivity index (χ0v) is 9.09. The molecule has 0 radical (unpaired) electrons. The summed E-state index contributed by atoms with van der Waals surface area (Å²) in [6.07, 6.45) is 1.44. The van der Waals surface area contributed by atoms with E-state index in [-0.39, 0.29) is 13.4 Å². The van der Waals surface area contributed by atoms with E-state index in [4.69, 9.17) is 4.74 Å². The van der Waals surface area contributed by atoms with Crippen LogP contribution in [0.3, 0.4) is 0 Å². The van der Waals surface area contributed by atoms with E-state index in [0.717, 1.165) is 6.42 Å². The minimum atomic E-state index is 0. The lowest BCUT2D eigenvalue weighted by atomic mass is 10.0. The predicted octanol–water partition coefficient (Wildman–Crippen LogP) is 1.82. The zero-order valence-electron chi connectivity index (χ0n) is 9.09. The second-order valence-corrected chi connectivity index (χ2v) is 3.55. The lowest BCUT2D eigenvalue weighted by Crippen LogP contribution is -2.38. The largest absolute Gasteiger partial charge is 0.385 e. The van der Waals surface area contributed by atoms with Gasteiger partial charge in [0, 0.05) is 27.6 Å². The third-order valence-electron chi connectivity index (χ3n) is 2.11. The third kappa shape index (κ3) is 5.64. The number of carbonyl (C=O) groups excluding carboxylic acids is 1. The summed E-state index contributed by atoms with van der Waals surface area (Å²) >= 11 is 0. The van der Waals surface area contributed by atoms with Crippen molar-refractivity contribution in [2.75, 3.05) is 13.7 Å². The SMILES string of the molecule is CCC(=O)N[C@@H](CCOC)C(C)C.[HH]. The molecule has 1 amide bonds. The van der Waals surface area contributed by atoms with Gasteiger partial charge in [-0.25, -0.2) is 0 Å². The van der Waals surface area contributed by atoms with E-state index in [1.807, 2.05) is 6.92 Å². The first-order valence-corrected chi connectivity index (χ1v) is 4.90. The van der Waals surface area contributed by atoms with Crippen LogP contribution in [-0.4, -0.2) is 25.7 Å². The van der Waals surface area contributed by atoms with E-state index in [0.29, 0.717) is 18.9 Å². The van der Waals surface area contributed by atoms with E-state index in [9.17, 15) is 4.79 Å². The summed E-state index contributed by atoms with van der Waals surface area (Å²) in [5.74, 6) is 0.584. The number of hydrogen-bond donors (Lipinski definition) is 1. The molecule has 0 aliphatic heterocycles. The maximum atomic E-state index is 11.1. The van der Waals surface area contributed by atoms with E-state index in [2.05, 4.69) is 19.2 Å². The van der Waals surface area contributed by atoms with Crippen molar-refractivity contribution >= 4 is 5.91 Å². The van der Waals surface area contributed by atoms with Gasteiger partial charge in [-0.15, -0.1) is 0 Å². The highest BCUT2D eigenvalue weighted by Gasteiger charge is 2.14. The van der Waals surface area contributed by atoms with Crippen molar-refractivity contribution in [3.05, 3.63) is 0 Å². The molecule has 0 bridgehead atoms. The van der Waals surface area contributed by atoms with E-state index >= 15 is 0 Å². The first-order valence-electron chi connectivity index (χ1n) is 4.90. The van der Waals surface area contributed by atoms with Crippen molar-refractivity contribution in [3.63, 3.8) is 0 Å². The van der Waals surface area contributed by atoms with Gasteiger partial charge in [-0.2, -0.15) is 0 Å². The van der Waals surface area contributed by atoms with Crippen LogP contribution in [0.2, 0.25) is 0 Å². The number of nitrogens with one attached hydrogen (secondary N) is 1. The third-order valence-corrected chi connectivity index (χ3v) is 2.11. The fourth-order valence-corrected chi connectivity index (χ4v) is 1.13. The van der Waals surface area contributed by atoms with E-state index in [1.165, 1.54) is 0 Å². The van der Waals surface area contributed by atoms with Gasteiger partial charge in [0.2, 0.25) is 5.91 Å². The number of ether oxygens (including phenoxy) is 1. The molecule has 80 valence electrons. The normalized spacial score (nSPS) is 13.0. The number of amides is 1. The fourth-order valence-electron chi connectivity index (χ4n) is 1.13. The molecule has 0 fully saturated rings.